The molecule has 0 spiro atoms. The van der Waals surface area contributed by atoms with Crippen molar-refractivity contribution in [1.29, 1.82) is 0 Å². The van der Waals surface area contributed by atoms with Crippen LogP contribution in [0.1, 0.15) is 0 Å². The molecule has 0 atom stereocenters. The molecule has 2 rings (SSSR count). The summed E-state index contributed by atoms with van der Waals surface area (Å²) >= 11 is 2.25. The summed E-state index contributed by atoms with van der Waals surface area (Å²) in [7, 11) is 1.61. The van der Waals surface area contributed by atoms with Gasteiger partial charge in [-0.05, 0) is 22.6 Å². The molecule has 0 saturated carbocycles. The lowest BCUT2D eigenvalue weighted by molar-refractivity contribution is 0.398. The third-order valence-corrected chi connectivity index (χ3v) is 2.64. The highest BCUT2D eigenvalue weighted by Crippen LogP contribution is 2.21. The summed E-state index contributed by atoms with van der Waals surface area (Å²) in [6.07, 6.45) is 5.38. The van der Waals surface area contributed by atoms with E-state index in [1.165, 1.54) is 0 Å². The van der Waals surface area contributed by atoms with Crippen molar-refractivity contribution >= 4 is 33.4 Å². The third kappa shape index (κ3) is 1.58. The largest absolute Gasteiger partial charge is 0.481 e. The molecule has 0 N–H and O–H groups in total. The van der Waals surface area contributed by atoms with Crippen molar-refractivity contribution in [3.8, 4) is 5.88 Å². The average Bonchev–Trinajstić information content (AvgIpc) is 2.18. The Morgan fingerprint density at radius 2 is 2.15 bits per heavy atom. The maximum absolute atomic E-state index is 5.04. The molecule has 2 aromatic rings. The van der Waals surface area contributed by atoms with Gasteiger partial charge in [0.1, 0.15) is 0 Å². The third-order valence-electron chi connectivity index (χ3n) is 1.78. The molecule has 0 aliphatic carbocycles. The average molecular weight is 286 g/mol. The van der Waals surface area contributed by atoms with Crippen LogP contribution in [0.4, 0.5) is 0 Å². The van der Waals surface area contributed by atoms with E-state index in [1.807, 2.05) is 12.3 Å². The molecule has 0 aliphatic rings. The minimum absolute atomic E-state index is 0.636. The zero-order valence-electron chi connectivity index (χ0n) is 6.99. The molecule has 13 heavy (non-hydrogen) atoms. The Morgan fingerprint density at radius 3 is 2.92 bits per heavy atom. The van der Waals surface area contributed by atoms with Gasteiger partial charge in [0, 0.05) is 39.0 Å². The second-order valence-electron chi connectivity index (χ2n) is 2.57. The van der Waals surface area contributed by atoms with Gasteiger partial charge in [-0.15, -0.1) is 0 Å². The first kappa shape index (κ1) is 8.68. The van der Waals surface area contributed by atoms with Gasteiger partial charge in [-0.1, -0.05) is 0 Å². The van der Waals surface area contributed by atoms with Gasteiger partial charge >= 0.3 is 0 Å². The summed E-state index contributed by atoms with van der Waals surface area (Å²) in [5.41, 5.74) is 0. The summed E-state index contributed by atoms with van der Waals surface area (Å²) < 4.78 is 6.15. The molecule has 4 heteroatoms. The van der Waals surface area contributed by atoms with E-state index in [1.54, 1.807) is 19.5 Å². The summed E-state index contributed by atoms with van der Waals surface area (Å²) in [5, 5.41) is 2.16. The van der Waals surface area contributed by atoms with E-state index in [0.717, 1.165) is 14.3 Å². The molecule has 0 radical (unpaired) electrons. The van der Waals surface area contributed by atoms with Crippen molar-refractivity contribution in [2.45, 2.75) is 0 Å². The number of methoxy groups -OCH3 is 1. The smallest absolute Gasteiger partial charge is 0.213 e. The van der Waals surface area contributed by atoms with Crippen molar-refractivity contribution in [1.82, 2.24) is 9.97 Å². The molecular weight excluding hydrogens is 279 g/mol. The summed E-state index contributed by atoms with van der Waals surface area (Å²) in [6, 6.07) is 1.92. The molecule has 2 heterocycles. The van der Waals surface area contributed by atoms with Gasteiger partial charge in [0.15, 0.2) is 0 Å². The molecular formula is C9H7IN2O. The molecule has 0 amide bonds. The summed E-state index contributed by atoms with van der Waals surface area (Å²) in [6.45, 7) is 0. The van der Waals surface area contributed by atoms with Crippen LogP contribution in [0.15, 0.2) is 24.7 Å². The quantitative estimate of drug-likeness (QED) is 0.754. The molecule has 0 fully saturated rings. The summed E-state index contributed by atoms with van der Waals surface area (Å²) in [4.78, 5) is 8.18. The Balaban J connectivity index is 2.74. The highest BCUT2D eigenvalue weighted by atomic mass is 127. The Morgan fingerprint density at radius 1 is 1.31 bits per heavy atom. The number of ether oxygens (including phenoxy) is 1. The van der Waals surface area contributed by atoms with Gasteiger partial charge in [-0.2, -0.15) is 0 Å². The van der Waals surface area contributed by atoms with E-state index in [4.69, 9.17) is 4.74 Å². The van der Waals surface area contributed by atoms with Gasteiger partial charge < -0.3 is 4.74 Å². The van der Waals surface area contributed by atoms with Crippen molar-refractivity contribution in [3.63, 3.8) is 0 Å². The SMILES string of the molecule is COc1cc2c(I)cncc2cn1. The second kappa shape index (κ2) is 3.45. The van der Waals surface area contributed by atoms with Crippen LogP contribution in [0.5, 0.6) is 5.88 Å². The number of hydrogen-bond acceptors (Lipinski definition) is 3. The molecule has 0 bridgehead atoms. The lowest BCUT2D eigenvalue weighted by Crippen LogP contribution is -1.88. The fraction of sp³-hybridized carbons (Fsp3) is 0.111. The minimum Gasteiger partial charge on any atom is -0.481 e. The van der Waals surface area contributed by atoms with Gasteiger partial charge in [0.2, 0.25) is 5.88 Å². The topological polar surface area (TPSA) is 35.0 Å². The predicted molar refractivity (Wildman–Crippen MR) is 58.8 cm³/mol. The van der Waals surface area contributed by atoms with E-state index in [0.29, 0.717) is 5.88 Å². The number of pyridine rings is 2. The molecule has 0 aromatic carbocycles. The first-order valence-corrected chi connectivity index (χ1v) is 4.82. The second-order valence-corrected chi connectivity index (χ2v) is 3.73. The first-order chi connectivity index (χ1) is 6.31. The van der Waals surface area contributed by atoms with Gasteiger partial charge in [-0.25, -0.2) is 4.98 Å². The van der Waals surface area contributed by atoms with Crippen LogP contribution in [0, 0.1) is 3.57 Å². The molecule has 0 unspecified atom stereocenters. The first-order valence-electron chi connectivity index (χ1n) is 3.74. The van der Waals surface area contributed by atoms with Crippen molar-refractivity contribution in [2.24, 2.45) is 0 Å². The molecule has 0 aliphatic heterocycles. The van der Waals surface area contributed by atoms with E-state index < -0.39 is 0 Å². The van der Waals surface area contributed by atoms with E-state index >= 15 is 0 Å². The fourth-order valence-corrected chi connectivity index (χ4v) is 1.75. The Hall–Kier alpha value is -0.910. The van der Waals surface area contributed by atoms with Crippen LogP contribution >= 0.6 is 22.6 Å². The van der Waals surface area contributed by atoms with E-state index in [9.17, 15) is 0 Å². The zero-order valence-corrected chi connectivity index (χ0v) is 9.15. The Bertz CT molecular complexity index is 445. The highest BCUT2D eigenvalue weighted by molar-refractivity contribution is 14.1. The number of hydrogen-bond donors (Lipinski definition) is 0. The van der Waals surface area contributed by atoms with Crippen LogP contribution in [0.3, 0.4) is 0 Å². The monoisotopic (exact) mass is 286 g/mol. The van der Waals surface area contributed by atoms with Crippen LogP contribution in [-0.4, -0.2) is 17.1 Å². The number of aromatic nitrogens is 2. The highest BCUT2D eigenvalue weighted by Gasteiger charge is 2.00. The van der Waals surface area contributed by atoms with E-state index in [-0.39, 0.29) is 0 Å². The number of rotatable bonds is 1. The van der Waals surface area contributed by atoms with Crippen molar-refractivity contribution in [3.05, 3.63) is 28.2 Å². The minimum atomic E-state index is 0.636. The lowest BCUT2D eigenvalue weighted by atomic mass is 10.2. The molecule has 3 nitrogen and oxygen atoms in total. The lowest BCUT2D eigenvalue weighted by Gasteiger charge is -2.01. The van der Waals surface area contributed by atoms with Crippen LogP contribution in [0.2, 0.25) is 0 Å². The normalized spacial score (nSPS) is 10.3. The number of fused-ring (bicyclic) bond motifs is 1. The Labute approximate surface area is 89.3 Å². The van der Waals surface area contributed by atoms with Crippen molar-refractivity contribution < 1.29 is 4.74 Å². The van der Waals surface area contributed by atoms with Gasteiger partial charge in [0.05, 0.1) is 7.11 Å². The number of nitrogens with zero attached hydrogens (tertiary/aromatic N) is 2. The maximum atomic E-state index is 5.04. The van der Waals surface area contributed by atoms with Gasteiger partial charge in [-0.3, -0.25) is 4.98 Å². The molecule has 2 aromatic heterocycles. The maximum Gasteiger partial charge on any atom is 0.213 e. The summed E-state index contributed by atoms with van der Waals surface area (Å²) in [5.74, 6) is 0.636. The predicted octanol–water partition coefficient (Wildman–Crippen LogP) is 2.24. The standard InChI is InChI=1S/C9H7IN2O/c1-13-9-2-7-6(4-12-9)3-11-5-8(7)10/h2-5H,1H3. The van der Waals surface area contributed by atoms with Gasteiger partial charge in [0.25, 0.3) is 0 Å². The molecule has 66 valence electrons. The van der Waals surface area contributed by atoms with Crippen LogP contribution in [-0.2, 0) is 0 Å². The van der Waals surface area contributed by atoms with Crippen LogP contribution < -0.4 is 4.74 Å². The van der Waals surface area contributed by atoms with Crippen molar-refractivity contribution in [2.75, 3.05) is 7.11 Å². The fourth-order valence-electron chi connectivity index (χ4n) is 1.12. The number of halogens is 1. The van der Waals surface area contributed by atoms with Crippen LogP contribution in [0.25, 0.3) is 10.8 Å². The van der Waals surface area contributed by atoms with E-state index in [2.05, 4.69) is 32.6 Å². The molecule has 0 saturated heterocycles. The Kier molecular flexibility index (Phi) is 2.30. The zero-order chi connectivity index (χ0) is 9.26.